The average Bonchev–Trinajstić information content (AvgIpc) is 3.64. The summed E-state index contributed by atoms with van der Waals surface area (Å²) in [5.74, 6) is 0. The number of aromatic nitrogens is 6. The Bertz CT molecular complexity index is 3210. The molecule has 0 N–H and O–H groups in total. The summed E-state index contributed by atoms with van der Waals surface area (Å²) in [4.78, 5) is 24.8. The van der Waals surface area contributed by atoms with Gasteiger partial charge in [-0.05, 0) is 87.9 Å². The maximum absolute atomic E-state index is 5.29. The van der Waals surface area contributed by atoms with E-state index < -0.39 is 0 Å². The van der Waals surface area contributed by atoms with Gasteiger partial charge < -0.3 is 0 Å². The summed E-state index contributed by atoms with van der Waals surface area (Å²) in [6.45, 7) is 0. The molecule has 0 radical (unpaired) electrons. The molecule has 0 fully saturated rings. The van der Waals surface area contributed by atoms with Crippen LogP contribution in [0.3, 0.4) is 0 Å². The maximum atomic E-state index is 5.29. The summed E-state index contributed by atoms with van der Waals surface area (Å²) in [6.07, 6.45) is 5.75. The van der Waals surface area contributed by atoms with Crippen molar-refractivity contribution in [1.82, 2.24) is 29.3 Å². The van der Waals surface area contributed by atoms with Crippen molar-refractivity contribution < 1.29 is 0 Å². The number of imidazole rings is 1. The van der Waals surface area contributed by atoms with Gasteiger partial charge in [-0.3, -0.25) is 14.4 Å². The van der Waals surface area contributed by atoms with Gasteiger partial charge in [-0.15, -0.1) is 0 Å². The fourth-order valence-corrected chi connectivity index (χ4v) is 7.77. The molecule has 0 saturated carbocycles. The molecule has 11 aromatic rings. The fourth-order valence-electron chi connectivity index (χ4n) is 7.77. The molecule has 0 spiro atoms. The summed E-state index contributed by atoms with van der Waals surface area (Å²) in [6, 6.07) is 52.7. The molecule has 0 atom stereocenters. The SMILES string of the molecule is c1ccc(-c2nc3c(ccc4cc(-c5ccc6c(c5)c5cc(-c7ccccn7)ccc5c5nc7ccccn7c65)ccc43)nc2-c2ccccn2)cc1. The molecule has 0 bridgehead atoms. The van der Waals surface area contributed by atoms with Crippen LogP contribution < -0.4 is 0 Å². The second kappa shape index (κ2) is 11.6. The molecule has 5 aromatic heterocycles. The Balaban J connectivity index is 1.12. The molecule has 6 aromatic carbocycles. The van der Waals surface area contributed by atoms with Crippen molar-refractivity contribution in [3.05, 3.63) is 170 Å². The minimum atomic E-state index is 0.773. The second-order valence-electron chi connectivity index (χ2n) is 13.3. The van der Waals surface area contributed by atoms with Crippen LogP contribution in [0.25, 0.3) is 105 Å². The van der Waals surface area contributed by atoms with Crippen LogP contribution in [-0.4, -0.2) is 29.3 Å². The number of pyridine rings is 3. The van der Waals surface area contributed by atoms with Crippen molar-refractivity contribution in [2.24, 2.45) is 0 Å². The molecule has 0 aliphatic rings. The first-order valence-corrected chi connectivity index (χ1v) is 17.7. The molecule has 0 aliphatic heterocycles. The lowest BCUT2D eigenvalue weighted by Crippen LogP contribution is -1.97. The van der Waals surface area contributed by atoms with Crippen molar-refractivity contribution in [2.75, 3.05) is 0 Å². The molecular formula is C47H28N6. The normalized spacial score (nSPS) is 11.8. The van der Waals surface area contributed by atoms with Crippen LogP contribution >= 0.6 is 0 Å². The number of benzene rings is 6. The Hall–Kier alpha value is -7.31. The van der Waals surface area contributed by atoms with E-state index in [1.165, 1.54) is 5.39 Å². The van der Waals surface area contributed by atoms with Gasteiger partial charge in [0, 0.05) is 45.9 Å². The predicted molar refractivity (Wildman–Crippen MR) is 216 cm³/mol. The largest absolute Gasteiger partial charge is 0.299 e. The zero-order chi connectivity index (χ0) is 34.9. The van der Waals surface area contributed by atoms with Crippen LogP contribution in [0.5, 0.6) is 0 Å². The van der Waals surface area contributed by atoms with Crippen LogP contribution in [0.4, 0.5) is 0 Å². The van der Waals surface area contributed by atoms with E-state index in [2.05, 4.69) is 118 Å². The highest BCUT2D eigenvalue weighted by molar-refractivity contribution is 6.25. The molecular weight excluding hydrogens is 649 g/mol. The number of hydrogen-bond donors (Lipinski definition) is 0. The van der Waals surface area contributed by atoms with Gasteiger partial charge in [0.2, 0.25) is 0 Å². The van der Waals surface area contributed by atoms with E-state index in [4.69, 9.17) is 15.0 Å². The highest BCUT2D eigenvalue weighted by Gasteiger charge is 2.18. The van der Waals surface area contributed by atoms with E-state index in [0.29, 0.717) is 0 Å². The van der Waals surface area contributed by atoms with E-state index in [1.807, 2.05) is 60.8 Å². The van der Waals surface area contributed by atoms with Gasteiger partial charge in [-0.1, -0.05) is 91.0 Å². The number of hydrogen-bond acceptors (Lipinski definition) is 5. The molecule has 0 amide bonds. The third-order valence-electron chi connectivity index (χ3n) is 10.3. The van der Waals surface area contributed by atoms with E-state index in [9.17, 15) is 0 Å². The van der Waals surface area contributed by atoms with Crippen molar-refractivity contribution in [1.29, 1.82) is 0 Å². The molecule has 0 unspecified atom stereocenters. The molecule has 246 valence electrons. The third kappa shape index (κ3) is 4.70. The highest BCUT2D eigenvalue weighted by Crippen LogP contribution is 2.40. The van der Waals surface area contributed by atoms with Gasteiger partial charge in [-0.2, -0.15) is 0 Å². The number of fused-ring (bicyclic) bond motifs is 11. The average molecular weight is 677 g/mol. The lowest BCUT2D eigenvalue weighted by Gasteiger charge is -2.13. The topological polar surface area (TPSA) is 68.9 Å². The van der Waals surface area contributed by atoms with Crippen LogP contribution in [0, 0.1) is 0 Å². The minimum Gasteiger partial charge on any atom is -0.299 e. The van der Waals surface area contributed by atoms with E-state index in [0.717, 1.165) is 99.7 Å². The zero-order valence-corrected chi connectivity index (χ0v) is 28.3. The van der Waals surface area contributed by atoms with Gasteiger partial charge >= 0.3 is 0 Å². The summed E-state index contributed by atoms with van der Waals surface area (Å²) in [5.41, 5.74) is 12.4. The standard InChI is InChI=1S/C47H28N6/c1-2-10-29(11-3-1)43-46(40-13-5-8-24-49-40)50-41-22-18-32-26-30(15-19-34(32)44(41)52-43)31-16-21-36-38(27-31)37-28-33(39-12-4-7-23-48-39)17-20-35(37)45-47(36)53-25-9-6-14-42(53)51-45/h1-28H. The van der Waals surface area contributed by atoms with Crippen molar-refractivity contribution in [3.8, 4) is 45.0 Å². The molecule has 0 aliphatic carbocycles. The van der Waals surface area contributed by atoms with E-state index in [-0.39, 0.29) is 0 Å². The van der Waals surface area contributed by atoms with Gasteiger partial charge in [0.25, 0.3) is 0 Å². The maximum Gasteiger partial charge on any atom is 0.137 e. The van der Waals surface area contributed by atoms with Gasteiger partial charge in [0.1, 0.15) is 11.3 Å². The van der Waals surface area contributed by atoms with Gasteiger partial charge in [-0.25, -0.2) is 15.0 Å². The quantitative estimate of drug-likeness (QED) is 0.174. The van der Waals surface area contributed by atoms with Gasteiger partial charge in [0.15, 0.2) is 0 Å². The Morgan fingerprint density at radius 2 is 1.09 bits per heavy atom. The Morgan fingerprint density at radius 3 is 1.92 bits per heavy atom. The number of rotatable bonds is 4. The minimum absolute atomic E-state index is 0.773. The summed E-state index contributed by atoms with van der Waals surface area (Å²) in [7, 11) is 0. The summed E-state index contributed by atoms with van der Waals surface area (Å²) >= 11 is 0. The first-order valence-electron chi connectivity index (χ1n) is 17.7. The van der Waals surface area contributed by atoms with Crippen molar-refractivity contribution >= 4 is 60.0 Å². The first-order chi connectivity index (χ1) is 26.3. The second-order valence-corrected chi connectivity index (χ2v) is 13.3. The molecule has 53 heavy (non-hydrogen) atoms. The lowest BCUT2D eigenvalue weighted by atomic mass is 9.93. The van der Waals surface area contributed by atoms with Crippen LogP contribution in [0.1, 0.15) is 0 Å². The van der Waals surface area contributed by atoms with Crippen LogP contribution in [-0.2, 0) is 0 Å². The smallest absolute Gasteiger partial charge is 0.137 e. The van der Waals surface area contributed by atoms with E-state index in [1.54, 1.807) is 6.20 Å². The Morgan fingerprint density at radius 1 is 0.396 bits per heavy atom. The van der Waals surface area contributed by atoms with Crippen molar-refractivity contribution in [2.45, 2.75) is 0 Å². The molecule has 5 heterocycles. The lowest BCUT2D eigenvalue weighted by molar-refractivity contribution is 1.23. The highest BCUT2D eigenvalue weighted by atomic mass is 15.0. The van der Waals surface area contributed by atoms with Gasteiger partial charge in [0.05, 0.1) is 39.1 Å². The first kappa shape index (κ1) is 29.4. The summed E-state index contributed by atoms with van der Waals surface area (Å²) in [5, 5.41) is 6.77. The Labute approximate surface area is 303 Å². The molecule has 0 saturated heterocycles. The predicted octanol–water partition coefficient (Wildman–Crippen LogP) is 11.3. The van der Waals surface area contributed by atoms with Crippen molar-refractivity contribution in [3.63, 3.8) is 0 Å². The third-order valence-corrected chi connectivity index (χ3v) is 10.3. The molecule has 6 heteroatoms. The van der Waals surface area contributed by atoms with Crippen LogP contribution in [0.15, 0.2) is 170 Å². The molecule has 11 rings (SSSR count). The monoisotopic (exact) mass is 676 g/mol. The zero-order valence-electron chi connectivity index (χ0n) is 28.3. The summed E-state index contributed by atoms with van der Waals surface area (Å²) < 4.78 is 2.20. The Kier molecular flexibility index (Phi) is 6.45. The fraction of sp³-hybridized carbons (Fsp3) is 0. The van der Waals surface area contributed by atoms with E-state index >= 15 is 0 Å². The van der Waals surface area contributed by atoms with Crippen LogP contribution in [0.2, 0.25) is 0 Å². The molecule has 6 nitrogen and oxygen atoms in total. The number of nitrogens with zero attached hydrogens (tertiary/aromatic N) is 6.